The third kappa shape index (κ3) is 6.84. The molecule has 5 aromatic rings. The van der Waals surface area contributed by atoms with E-state index >= 15 is 4.39 Å². The number of benzene rings is 2. The van der Waals surface area contributed by atoms with Crippen molar-refractivity contribution in [2.24, 2.45) is 0 Å². The minimum absolute atomic E-state index is 0.0385. The van der Waals surface area contributed by atoms with Gasteiger partial charge in [-0.2, -0.15) is 5.10 Å². The van der Waals surface area contributed by atoms with Gasteiger partial charge in [-0.3, -0.25) is 14.3 Å². The van der Waals surface area contributed by atoms with Crippen LogP contribution in [0.25, 0.3) is 5.65 Å². The Morgan fingerprint density at radius 3 is 2.58 bits per heavy atom. The predicted octanol–water partition coefficient (Wildman–Crippen LogP) is 5.88. The van der Waals surface area contributed by atoms with Crippen LogP contribution in [-0.4, -0.2) is 59.7 Å². The van der Waals surface area contributed by atoms with E-state index in [9.17, 15) is 4.79 Å². The molecule has 0 aliphatic rings. The molecular weight excluding hydrogens is 567 g/mol. The van der Waals surface area contributed by atoms with E-state index in [-0.39, 0.29) is 11.0 Å². The number of rotatable bonds is 8. The quantitative estimate of drug-likeness (QED) is 0.191. The second-order valence-electron chi connectivity index (χ2n) is 12.1. The number of aromatic amines is 1. The maximum atomic E-state index is 15.4. The molecule has 0 unspecified atom stereocenters. The fourth-order valence-electron chi connectivity index (χ4n) is 4.93. The molecule has 1 amide bonds. The maximum absolute atomic E-state index is 15.4. The number of aryl methyl sites for hydroxylation is 1. The van der Waals surface area contributed by atoms with Crippen molar-refractivity contribution in [3.05, 3.63) is 101 Å². The molecule has 3 heterocycles. The molecule has 3 aromatic heterocycles. The number of carbonyl (C=O) groups excluding carboxylic acids is 1. The Morgan fingerprint density at radius 2 is 1.87 bits per heavy atom. The molecule has 45 heavy (non-hydrogen) atoms. The number of hydrogen-bond acceptors (Lipinski definition) is 6. The van der Waals surface area contributed by atoms with Gasteiger partial charge in [0.1, 0.15) is 11.5 Å². The molecule has 0 aliphatic carbocycles. The van der Waals surface area contributed by atoms with E-state index in [1.54, 1.807) is 38.6 Å². The standard InChI is InChI=1S/C35H39FN8O/c1-23-15-31(36)30(34(45)43(7)29-18-25(35(2,3)4)17-28(19-29)42(6)14-12-37-5)16-24(23)10-11-27-22-38-33-32(9-8-13-44(27)33)41-26-20-39-40-21-26/h8-9,13,15-22,37,41H,12,14H2,1-7H3,(H,39,40). The zero-order valence-corrected chi connectivity index (χ0v) is 26.8. The van der Waals surface area contributed by atoms with Gasteiger partial charge in [-0.15, -0.1) is 0 Å². The Bertz CT molecular complexity index is 1890. The number of fused-ring (bicyclic) bond motifs is 1. The van der Waals surface area contributed by atoms with Crippen molar-refractivity contribution in [1.82, 2.24) is 24.9 Å². The van der Waals surface area contributed by atoms with Crippen LogP contribution in [-0.2, 0) is 5.41 Å². The number of aromatic nitrogens is 4. The number of nitrogens with one attached hydrogen (secondary N) is 3. The van der Waals surface area contributed by atoms with Gasteiger partial charge in [0.2, 0.25) is 0 Å². The minimum atomic E-state index is -0.585. The third-order valence-corrected chi connectivity index (χ3v) is 7.78. The van der Waals surface area contributed by atoms with Crippen molar-refractivity contribution in [3.8, 4) is 11.8 Å². The van der Waals surface area contributed by atoms with Gasteiger partial charge in [0, 0.05) is 56.5 Å². The van der Waals surface area contributed by atoms with E-state index in [4.69, 9.17) is 0 Å². The first-order chi connectivity index (χ1) is 21.5. The molecule has 0 saturated carbocycles. The lowest BCUT2D eigenvalue weighted by atomic mass is 9.86. The van der Waals surface area contributed by atoms with Crippen LogP contribution in [0.3, 0.4) is 0 Å². The Balaban J connectivity index is 1.46. The molecule has 9 nitrogen and oxygen atoms in total. The summed E-state index contributed by atoms with van der Waals surface area (Å²) in [6.07, 6.45) is 7.01. The minimum Gasteiger partial charge on any atom is -0.373 e. The van der Waals surface area contributed by atoms with Gasteiger partial charge in [-0.25, -0.2) is 9.37 Å². The Hall–Kier alpha value is -5.14. The van der Waals surface area contributed by atoms with E-state index in [0.717, 1.165) is 35.7 Å². The topological polar surface area (TPSA) is 93.6 Å². The van der Waals surface area contributed by atoms with Crippen LogP contribution >= 0.6 is 0 Å². The molecule has 0 bridgehead atoms. The molecule has 0 fully saturated rings. The highest BCUT2D eigenvalue weighted by atomic mass is 19.1. The van der Waals surface area contributed by atoms with Crippen molar-refractivity contribution >= 4 is 34.3 Å². The van der Waals surface area contributed by atoms with Crippen LogP contribution in [0.5, 0.6) is 0 Å². The summed E-state index contributed by atoms with van der Waals surface area (Å²) >= 11 is 0. The van der Waals surface area contributed by atoms with Crippen LogP contribution in [0.1, 0.15) is 53.5 Å². The lowest BCUT2D eigenvalue weighted by molar-refractivity contribution is 0.0989. The van der Waals surface area contributed by atoms with Gasteiger partial charge in [-0.1, -0.05) is 26.7 Å². The van der Waals surface area contributed by atoms with E-state index in [0.29, 0.717) is 28.2 Å². The smallest absolute Gasteiger partial charge is 0.261 e. The molecule has 5 rings (SSSR count). The number of pyridine rings is 1. The molecule has 10 heteroatoms. The van der Waals surface area contributed by atoms with Gasteiger partial charge in [-0.05, 0) is 78.9 Å². The predicted molar refractivity (Wildman–Crippen MR) is 179 cm³/mol. The fourth-order valence-corrected chi connectivity index (χ4v) is 4.93. The summed E-state index contributed by atoms with van der Waals surface area (Å²) in [5, 5.41) is 13.2. The Labute approximate surface area is 263 Å². The van der Waals surface area contributed by atoms with Crippen LogP contribution in [0, 0.1) is 24.6 Å². The fraction of sp³-hybridized carbons (Fsp3) is 0.286. The first-order valence-electron chi connectivity index (χ1n) is 14.8. The number of anilines is 4. The number of hydrogen-bond donors (Lipinski definition) is 3. The van der Waals surface area contributed by atoms with Crippen LogP contribution in [0.2, 0.25) is 0 Å². The second-order valence-corrected chi connectivity index (χ2v) is 12.1. The number of H-pyrrole nitrogens is 1. The summed E-state index contributed by atoms with van der Waals surface area (Å²) in [4.78, 5) is 22.0. The summed E-state index contributed by atoms with van der Waals surface area (Å²) in [5.41, 5.74) is 6.73. The van der Waals surface area contributed by atoms with Crippen LogP contribution in [0.4, 0.5) is 27.1 Å². The molecule has 2 aromatic carbocycles. The zero-order chi connectivity index (χ0) is 32.3. The van der Waals surface area contributed by atoms with E-state index < -0.39 is 11.7 Å². The number of amides is 1. The SMILES string of the molecule is CNCCN(C)c1cc(N(C)C(=O)c2cc(C#Cc3cnc4c(Nc5cn[nH]c5)cccn34)c(C)cc2F)cc(C(C)(C)C)c1. The summed E-state index contributed by atoms with van der Waals surface area (Å²) in [5.74, 6) is 5.28. The van der Waals surface area contributed by atoms with Gasteiger partial charge in [0.25, 0.3) is 5.91 Å². The monoisotopic (exact) mass is 606 g/mol. The molecule has 0 atom stereocenters. The van der Waals surface area contributed by atoms with Gasteiger partial charge < -0.3 is 20.4 Å². The number of halogens is 1. The largest absolute Gasteiger partial charge is 0.373 e. The average Bonchev–Trinajstić information content (AvgIpc) is 3.68. The zero-order valence-electron chi connectivity index (χ0n) is 26.8. The average molecular weight is 607 g/mol. The summed E-state index contributed by atoms with van der Waals surface area (Å²) < 4.78 is 17.2. The van der Waals surface area contributed by atoms with Crippen molar-refractivity contribution in [1.29, 1.82) is 0 Å². The summed E-state index contributed by atoms with van der Waals surface area (Å²) in [6.45, 7) is 9.80. The van der Waals surface area contributed by atoms with Gasteiger partial charge >= 0.3 is 0 Å². The number of carbonyl (C=O) groups is 1. The highest BCUT2D eigenvalue weighted by Crippen LogP contribution is 2.32. The second kappa shape index (κ2) is 12.8. The van der Waals surface area contributed by atoms with Crippen molar-refractivity contribution in [2.45, 2.75) is 33.1 Å². The van der Waals surface area contributed by atoms with Gasteiger partial charge in [0.05, 0.1) is 29.3 Å². The Kier molecular flexibility index (Phi) is 8.93. The maximum Gasteiger partial charge on any atom is 0.261 e. The third-order valence-electron chi connectivity index (χ3n) is 7.78. The lowest BCUT2D eigenvalue weighted by Gasteiger charge is -2.28. The first-order valence-corrected chi connectivity index (χ1v) is 14.8. The van der Waals surface area contributed by atoms with Gasteiger partial charge in [0.15, 0.2) is 5.65 Å². The molecule has 0 saturated heterocycles. The summed E-state index contributed by atoms with van der Waals surface area (Å²) in [6, 6.07) is 12.8. The molecule has 0 radical (unpaired) electrons. The Morgan fingerprint density at radius 1 is 1.09 bits per heavy atom. The van der Waals surface area contributed by atoms with E-state index in [2.05, 4.69) is 69.4 Å². The lowest BCUT2D eigenvalue weighted by Crippen LogP contribution is -2.30. The normalized spacial score (nSPS) is 11.3. The van der Waals surface area contributed by atoms with Crippen molar-refractivity contribution in [3.63, 3.8) is 0 Å². The molecule has 3 N–H and O–H groups in total. The van der Waals surface area contributed by atoms with E-state index in [1.165, 1.54) is 11.0 Å². The molecular formula is C35H39FN8O. The summed E-state index contributed by atoms with van der Waals surface area (Å²) in [7, 11) is 5.62. The first kappa shape index (κ1) is 31.3. The highest BCUT2D eigenvalue weighted by molar-refractivity contribution is 6.06. The molecule has 0 aliphatic heterocycles. The van der Waals surface area contributed by atoms with Crippen LogP contribution < -0.4 is 20.4 Å². The molecule has 232 valence electrons. The van der Waals surface area contributed by atoms with Crippen molar-refractivity contribution in [2.75, 3.05) is 49.3 Å². The number of nitrogens with zero attached hydrogens (tertiary/aromatic N) is 5. The number of imidazole rings is 1. The molecule has 0 spiro atoms. The van der Waals surface area contributed by atoms with Crippen molar-refractivity contribution < 1.29 is 9.18 Å². The van der Waals surface area contributed by atoms with Crippen LogP contribution in [0.15, 0.2) is 67.3 Å². The highest BCUT2D eigenvalue weighted by Gasteiger charge is 2.23. The number of likely N-dealkylation sites (N-methyl/N-ethyl adjacent to an activating group) is 2. The van der Waals surface area contributed by atoms with E-state index in [1.807, 2.05) is 49.0 Å².